The summed E-state index contributed by atoms with van der Waals surface area (Å²) in [5.41, 5.74) is 1.51. The Morgan fingerprint density at radius 1 is 1.36 bits per heavy atom. The van der Waals surface area contributed by atoms with Gasteiger partial charge in [0.25, 0.3) is 0 Å². The minimum atomic E-state index is 0.969. The van der Waals surface area contributed by atoms with Gasteiger partial charge in [-0.2, -0.15) is 0 Å². The summed E-state index contributed by atoms with van der Waals surface area (Å²) >= 11 is 0. The van der Waals surface area contributed by atoms with Crippen LogP contribution in [-0.4, -0.2) is 0 Å². The first-order valence-corrected chi connectivity index (χ1v) is 5.87. The van der Waals surface area contributed by atoms with Crippen molar-refractivity contribution in [2.24, 2.45) is 11.8 Å². The average Bonchev–Trinajstić information content (AvgIpc) is 2.63. The minimum absolute atomic E-state index is 0.969. The van der Waals surface area contributed by atoms with Crippen LogP contribution in [0.4, 0.5) is 0 Å². The maximum atomic E-state index is 2.45. The van der Waals surface area contributed by atoms with E-state index in [4.69, 9.17) is 0 Å². The molecular weight excluding hydrogens is 168 g/mol. The number of rotatable bonds is 2. The third-order valence-electron chi connectivity index (χ3n) is 3.43. The zero-order chi connectivity index (χ0) is 9.80. The standard InChI is InChI=1S/C14H20/c1-12-7-8-14(11-12)10-9-13-5-3-2-4-6-13/h2-5,9,12,14H,6-8,10-11H2,1H3/b13-9+/t12-,14?/m0/s1. The van der Waals surface area contributed by atoms with Gasteiger partial charge in [0.2, 0.25) is 0 Å². The third-order valence-corrected chi connectivity index (χ3v) is 3.43. The molecule has 0 saturated heterocycles. The second-order valence-electron chi connectivity index (χ2n) is 4.79. The second kappa shape index (κ2) is 4.63. The van der Waals surface area contributed by atoms with E-state index in [0.29, 0.717) is 0 Å². The van der Waals surface area contributed by atoms with Crippen LogP contribution in [0.3, 0.4) is 0 Å². The summed E-state index contributed by atoms with van der Waals surface area (Å²) in [5.74, 6) is 1.94. The summed E-state index contributed by atoms with van der Waals surface area (Å²) in [6, 6.07) is 0. The fourth-order valence-electron chi connectivity index (χ4n) is 2.54. The van der Waals surface area contributed by atoms with Gasteiger partial charge in [0.05, 0.1) is 0 Å². The lowest BCUT2D eigenvalue weighted by Crippen LogP contribution is -1.93. The predicted octanol–water partition coefficient (Wildman–Crippen LogP) is 4.26. The van der Waals surface area contributed by atoms with Crippen LogP contribution in [0.15, 0.2) is 36.0 Å². The smallest absolute Gasteiger partial charge is 0.00975 e. The molecule has 0 nitrogen and oxygen atoms in total. The number of hydrogen-bond acceptors (Lipinski definition) is 0. The highest BCUT2D eigenvalue weighted by atomic mass is 14.3. The van der Waals surface area contributed by atoms with Gasteiger partial charge in [-0.05, 0) is 43.1 Å². The van der Waals surface area contributed by atoms with E-state index < -0.39 is 0 Å². The molecule has 0 amide bonds. The van der Waals surface area contributed by atoms with Crippen LogP contribution < -0.4 is 0 Å². The van der Waals surface area contributed by atoms with E-state index in [1.54, 1.807) is 0 Å². The van der Waals surface area contributed by atoms with Crippen LogP contribution in [0.2, 0.25) is 0 Å². The molecule has 2 aliphatic rings. The molecule has 0 aromatic heterocycles. The van der Waals surface area contributed by atoms with E-state index in [2.05, 4.69) is 37.3 Å². The first kappa shape index (κ1) is 9.76. The molecule has 0 spiro atoms. The molecule has 2 rings (SSSR count). The maximum Gasteiger partial charge on any atom is -0.00975 e. The first-order valence-electron chi connectivity index (χ1n) is 5.87. The fraction of sp³-hybridized carbons (Fsp3) is 0.571. The van der Waals surface area contributed by atoms with Gasteiger partial charge in [-0.25, -0.2) is 0 Å². The Hall–Kier alpha value is -0.780. The largest absolute Gasteiger partial charge is 0.0807 e. The van der Waals surface area contributed by atoms with Crippen molar-refractivity contribution < 1.29 is 0 Å². The first-order chi connectivity index (χ1) is 6.84. The van der Waals surface area contributed by atoms with Crippen molar-refractivity contribution in [3.05, 3.63) is 36.0 Å². The average molecular weight is 188 g/mol. The van der Waals surface area contributed by atoms with E-state index >= 15 is 0 Å². The Bertz CT molecular complexity index is 268. The van der Waals surface area contributed by atoms with Crippen LogP contribution in [0.5, 0.6) is 0 Å². The van der Waals surface area contributed by atoms with Crippen molar-refractivity contribution >= 4 is 0 Å². The summed E-state index contributed by atoms with van der Waals surface area (Å²) in [6.45, 7) is 2.39. The highest BCUT2D eigenvalue weighted by Gasteiger charge is 2.19. The molecule has 0 bridgehead atoms. The molecule has 1 fully saturated rings. The van der Waals surface area contributed by atoms with Crippen LogP contribution in [-0.2, 0) is 0 Å². The van der Waals surface area contributed by atoms with Crippen molar-refractivity contribution in [2.45, 2.75) is 39.0 Å². The minimum Gasteiger partial charge on any atom is -0.0807 e. The lowest BCUT2D eigenvalue weighted by molar-refractivity contribution is 0.520. The van der Waals surface area contributed by atoms with Gasteiger partial charge in [-0.1, -0.05) is 43.7 Å². The molecule has 0 heterocycles. The highest BCUT2D eigenvalue weighted by molar-refractivity contribution is 5.29. The fourth-order valence-corrected chi connectivity index (χ4v) is 2.54. The molecule has 0 aromatic rings. The van der Waals surface area contributed by atoms with Crippen molar-refractivity contribution in [1.82, 2.24) is 0 Å². The highest BCUT2D eigenvalue weighted by Crippen LogP contribution is 2.33. The molecule has 2 aliphatic carbocycles. The van der Waals surface area contributed by atoms with Crippen molar-refractivity contribution in [3.8, 4) is 0 Å². The quantitative estimate of drug-likeness (QED) is 0.607. The van der Waals surface area contributed by atoms with Crippen molar-refractivity contribution in [2.75, 3.05) is 0 Å². The molecule has 2 atom stereocenters. The predicted molar refractivity (Wildman–Crippen MR) is 62.1 cm³/mol. The van der Waals surface area contributed by atoms with Crippen LogP contribution >= 0.6 is 0 Å². The zero-order valence-corrected chi connectivity index (χ0v) is 9.08. The maximum absolute atomic E-state index is 2.45. The van der Waals surface area contributed by atoms with E-state index in [1.807, 2.05) is 0 Å². The van der Waals surface area contributed by atoms with E-state index in [9.17, 15) is 0 Å². The topological polar surface area (TPSA) is 0 Å². The lowest BCUT2D eigenvalue weighted by atomic mass is 9.98. The zero-order valence-electron chi connectivity index (χ0n) is 9.08. The van der Waals surface area contributed by atoms with Gasteiger partial charge < -0.3 is 0 Å². The van der Waals surface area contributed by atoms with Gasteiger partial charge in [-0.3, -0.25) is 0 Å². The van der Waals surface area contributed by atoms with Crippen LogP contribution in [0.1, 0.15) is 39.0 Å². The molecule has 1 saturated carbocycles. The van der Waals surface area contributed by atoms with Gasteiger partial charge in [-0.15, -0.1) is 0 Å². The monoisotopic (exact) mass is 188 g/mol. The van der Waals surface area contributed by atoms with E-state index in [1.165, 1.54) is 31.3 Å². The molecule has 76 valence electrons. The third kappa shape index (κ3) is 2.60. The normalized spacial score (nSPS) is 34.2. The lowest BCUT2D eigenvalue weighted by Gasteiger charge is -2.07. The van der Waals surface area contributed by atoms with Crippen molar-refractivity contribution in [3.63, 3.8) is 0 Å². The van der Waals surface area contributed by atoms with Crippen LogP contribution in [0, 0.1) is 11.8 Å². The van der Waals surface area contributed by atoms with Gasteiger partial charge >= 0.3 is 0 Å². The Labute approximate surface area is 87.4 Å². The van der Waals surface area contributed by atoms with Gasteiger partial charge in [0, 0.05) is 0 Å². The molecule has 0 heteroatoms. The molecule has 1 unspecified atom stereocenters. The molecule has 0 N–H and O–H groups in total. The summed E-state index contributed by atoms with van der Waals surface area (Å²) < 4.78 is 0. The number of allylic oxidation sites excluding steroid dienone is 6. The number of hydrogen-bond donors (Lipinski definition) is 0. The summed E-state index contributed by atoms with van der Waals surface area (Å²) in [7, 11) is 0. The summed E-state index contributed by atoms with van der Waals surface area (Å²) in [5, 5.41) is 0. The molecule has 0 aliphatic heterocycles. The SMILES string of the molecule is C[C@H]1CCC(C/C=C2\C=CC=CC2)C1. The van der Waals surface area contributed by atoms with Gasteiger partial charge in [0.1, 0.15) is 0 Å². The molecule has 0 radical (unpaired) electrons. The molecule has 0 aromatic carbocycles. The Morgan fingerprint density at radius 3 is 2.93 bits per heavy atom. The Morgan fingerprint density at radius 2 is 2.29 bits per heavy atom. The van der Waals surface area contributed by atoms with Crippen LogP contribution in [0.25, 0.3) is 0 Å². The second-order valence-corrected chi connectivity index (χ2v) is 4.79. The molecule has 14 heavy (non-hydrogen) atoms. The Balaban J connectivity index is 1.81. The van der Waals surface area contributed by atoms with Crippen molar-refractivity contribution in [1.29, 1.82) is 0 Å². The Kier molecular flexibility index (Phi) is 3.23. The molecular formula is C14H20. The van der Waals surface area contributed by atoms with E-state index in [-0.39, 0.29) is 0 Å². The van der Waals surface area contributed by atoms with Gasteiger partial charge in [0.15, 0.2) is 0 Å². The van der Waals surface area contributed by atoms with E-state index in [0.717, 1.165) is 18.3 Å². The summed E-state index contributed by atoms with van der Waals surface area (Å²) in [4.78, 5) is 0. The summed E-state index contributed by atoms with van der Waals surface area (Å²) in [6.07, 6.45) is 18.0.